The van der Waals surface area contributed by atoms with Crippen LogP contribution in [-0.2, 0) is 11.3 Å². The minimum Gasteiger partial charge on any atom is -0.308 e. The van der Waals surface area contributed by atoms with Crippen LogP contribution in [0.3, 0.4) is 0 Å². The number of anilines is 1. The van der Waals surface area contributed by atoms with E-state index in [1.165, 1.54) is 24.0 Å². The number of halogens is 2. The number of nitrogens with zero attached hydrogens (tertiary/aromatic N) is 5. The number of aromatic nitrogens is 5. The van der Waals surface area contributed by atoms with Crippen LogP contribution in [0.5, 0.6) is 0 Å². The molecule has 0 spiro atoms. The molecule has 1 atom stereocenters. The highest BCUT2D eigenvalue weighted by Crippen LogP contribution is 2.25. The normalized spacial score (nSPS) is 12.0. The number of hydrogen-bond donors (Lipinski definition) is 1. The number of pyridine rings is 1. The first kappa shape index (κ1) is 18.6. The van der Waals surface area contributed by atoms with Crippen LogP contribution in [0.2, 0.25) is 10.0 Å². The molecule has 0 saturated carbocycles. The van der Waals surface area contributed by atoms with E-state index in [0.29, 0.717) is 16.7 Å². The van der Waals surface area contributed by atoms with Crippen molar-refractivity contribution in [2.45, 2.75) is 23.9 Å². The van der Waals surface area contributed by atoms with Gasteiger partial charge in [-0.05, 0) is 29.0 Å². The smallest absolute Gasteiger partial charge is 0.238 e. The van der Waals surface area contributed by atoms with E-state index >= 15 is 0 Å². The van der Waals surface area contributed by atoms with E-state index in [4.69, 9.17) is 23.2 Å². The molecule has 10 heteroatoms. The summed E-state index contributed by atoms with van der Waals surface area (Å²) in [5.41, 5.74) is 1.07. The Bertz CT molecular complexity index is 905. The Morgan fingerprint density at radius 3 is 2.81 bits per heavy atom. The second-order valence-electron chi connectivity index (χ2n) is 5.34. The van der Waals surface area contributed by atoms with Gasteiger partial charge in [-0.25, -0.2) is 9.67 Å². The zero-order chi connectivity index (χ0) is 18.5. The maximum Gasteiger partial charge on any atom is 0.238 e. The fourth-order valence-corrected chi connectivity index (χ4v) is 3.29. The van der Waals surface area contributed by atoms with Crippen LogP contribution in [0.25, 0.3) is 0 Å². The Hall–Kier alpha value is -2.16. The lowest BCUT2D eigenvalue weighted by Crippen LogP contribution is -2.23. The topological polar surface area (TPSA) is 85.6 Å². The van der Waals surface area contributed by atoms with E-state index in [1.807, 2.05) is 30.3 Å². The fourth-order valence-electron chi connectivity index (χ4n) is 2.07. The molecule has 7 nitrogen and oxygen atoms in total. The van der Waals surface area contributed by atoms with Crippen molar-refractivity contribution in [1.82, 2.24) is 25.2 Å². The van der Waals surface area contributed by atoms with Gasteiger partial charge in [-0.3, -0.25) is 4.79 Å². The summed E-state index contributed by atoms with van der Waals surface area (Å²) < 4.78 is 1.65. The predicted molar refractivity (Wildman–Crippen MR) is 102 cm³/mol. The number of tetrazole rings is 1. The molecular formula is C16H14Cl2N6OS. The molecule has 26 heavy (non-hydrogen) atoms. The summed E-state index contributed by atoms with van der Waals surface area (Å²) in [6, 6.07) is 11.3. The third-order valence-electron chi connectivity index (χ3n) is 3.38. The first-order chi connectivity index (χ1) is 12.5. The third kappa shape index (κ3) is 4.72. The van der Waals surface area contributed by atoms with Crippen molar-refractivity contribution in [3.05, 3.63) is 58.2 Å². The summed E-state index contributed by atoms with van der Waals surface area (Å²) in [5.74, 6) is -0.00150. The van der Waals surface area contributed by atoms with Crippen LogP contribution in [-0.4, -0.2) is 36.3 Å². The summed E-state index contributed by atoms with van der Waals surface area (Å²) in [5, 5.41) is 15.1. The van der Waals surface area contributed by atoms with Crippen LogP contribution in [0, 0.1) is 0 Å². The monoisotopic (exact) mass is 408 g/mol. The second-order valence-corrected chi connectivity index (χ2v) is 7.49. The van der Waals surface area contributed by atoms with Gasteiger partial charge >= 0.3 is 0 Å². The van der Waals surface area contributed by atoms with Gasteiger partial charge < -0.3 is 5.32 Å². The molecule has 1 N–H and O–H groups in total. The van der Waals surface area contributed by atoms with E-state index in [0.717, 1.165) is 5.56 Å². The molecule has 3 aromatic rings. The van der Waals surface area contributed by atoms with Gasteiger partial charge in [0.05, 0.1) is 21.8 Å². The number of amides is 1. The van der Waals surface area contributed by atoms with Crippen molar-refractivity contribution in [2.24, 2.45) is 0 Å². The van der Waals surface area contributed by atoms with E-state index in [2.05, 4.69) is 25.8 Å². The molecular weight excluding hydrogens is 395 g/mol. The number of rotatable bonds is 6. The SMILES string of the molecule is CC(Sc1nnnn1Cc1ccccc1)C(=O)Nc1ncc(Cl)cc1Cl. The van der Waals surface area contributed by atoms with Crippen LogP contribution >= 0.6 is 35.0 Å². The molecule has 134 valence electrons. The average molecular weight is 409 g/mol. The lowest BCUT2D eigenvalue weighted by Gasteiger charge is -2.12. The zero-order valence-electron chi connectivity index (χ0n) is 13.6. The van der Waals surface area contributed by atoms with E-state index in [-0.39, 0.29) is 16.7 Å². The number of nitrogens with one attached hydrogen (secondary N) is 1. The summed E-state index contributed by atoms with van der Waals surface area (Å²) >= 11 is 13.1. The quantitative estimate of drug-likeness (QED) is 0.627. The van der Waals surface area contributed by atoms with Gasteiger partial charge in [-0.2, -0.15) is 0 Å². The minimum absolute atomic E-state index is 0.261. The van der Waals surface area contributed by atoms with Gasteiger partial charge in [0.25, 0.3) is 0 Å². The molecule has 2 aromatic heterocycles. The summed E-state index contributed by atoms with van der Waals surface area (Å²) in [4.78, 5) is 16.4. The average Bonchev–Trinajstić information content (AvgIpc) is 3.05. The standard InChI is InChI=1S/C16H14Cl2N6OS/c1-10(15(25)20-14-13(18)7-12(17)8-19-14)26-16-21-22-23-24(16)9-11-5-3-2-4-6-11/h2-8,10H,9H2,1H3,(H,19,20,25). The van der Waals surface area contributed by atoms with Crippen molar-refractivity contribution >= 4 is 46.7 Å². The number of benzene rings is 1. The highest BCUT2D eigenvalue weighted by molar-refractivity contribution is 8.00. The van der Waals surface area contributed by atoms with Crippen molar-refractivity contribution in [3.8, 4) is 0 Å². The van der Waals surface area contributed by atoms with Gasteiger partial charge in [-0.15, -0.1) is 5.10 Å². The Morgan fingerprint density at radius 2 is 2.08 bits per heavy atom. The zero-order valence-corrected chi connectivity index (χ0v) is 16.0. The molecule has 1 aromatic carbocycles. The maximum atomic E-state index is 12.4. The van der Waals surface area contributed by atoms with Gasteiger partial charge in [0.2, 0.25) is 11.1 Å². The molecule has 0 radical (unpaired) electrons. The third-order valence-corrected chi connectivity index (χ3v) is 4.94. The minimum atomic E-state index is -0.455. The molecule has 1 unspecified atom stereocenters. The van der Waals surface area contributed by atoms with Crippen LogP contribution in [0.4, 0.5) is 5.82 Å². The Labute approximate surface area is 164 Å². The van der Waals surface area contributed by atoms with Crippen LogP contribution < -0.4 is 5.32 Å². The summed E-state index contributed by atoms with van der Waals surface area (Å²) in [7, 11) is 0. The lowest BCUT2D eigenvalue weighted by atomic mass is 10.2. The van der Waals surface area contributed by atoms with Crippen molar-refractivity contribution in [2.75, 3.05) is 5.32 Å². The maximum absolute atomic E-state index is 12.4. The molecule has 0 fully saturated rings. The fraction of sp³-hybridized carbons (Fsp3) is 0.188. The molecule has 0 aliphatic carbocycles. The van der Waals surface area contributed by atoms with E-state index in [9.17, 15) is 4.79 Å². The summed E-state index contributed by atoms with van der Waals surface area (Å²) in [6.07, 6.45) is 1.42. The Morgan fingerprint density at radius 1 is 1.31 bits per heavy atom. The molecule has 0 aliphatic heterocycles. The van der Waals surface area contributed by atoms with Gasteiger partial charge in [0.1, 0.15) is 0 Å². The number of carbonyl (C=O) groups is 1. The van der Waals surface area contributed by atoms with Gasteiger partial charge in [0.15, 0.2) is 5.82 Å². The van der Waals surface area contributed by atoms with Gasteiger partial charge in [-0.1, -0.05) is 65.3 Å². The lowest BCUT2D eigenvalue weighted by molar-refractivity contribution is -0.115. The molecule has 2 heterocycles. The summed E-state index contributed by atoms with van der Waals surface area (Å²) in [6.45, 7) is 2.28. The van der Waals surface area contributed by atoms with Gasteiger partial charge in [0, 0.05) is 6.20 Å². The van der Waals surface area contributed by atoms with Crippen molar-refractivity contribution in [3.63, 3.8) is 0 Å². The highest BCUT2D eigenvalue weighted by atomic mass is 35.5. The molecule has 0 bridgehead atoms. The van der Waals surface area contributed by atoms with Crippen LogP contribution in [0.15, 0.2) is 47.8 Å². The highest BCUT2D eigenvalue weighted by Gasteiger charge is 2.20. The first-order valence-corrected chi connectivity index (χ1v) is 9.25. The first-order valence-electron chi connectivity index (χ1n) is 7.61. The molecule has 0 saturated heterocycles. The molecule has 1 amide bonds. The van der Waals surface area contributed by atoms with E-state index in [1.54, 1.807) is 11.6 Å². The number of thioether (sulfide) groups is 1. The number of hydrogen-bond acceptors (Lipinski definition) is 6. The van der Waals surface area contributed by atoms with Crippen LogP contribution in [0.1, 0.15) is 12.5 Å². The van der Waals surface area contributed by atoms with E-state index < -0.39 is 5.25 Å². The predicted octanol–water partition coefficient (Wildman–Crippen LogP) is 3.54. The van der Waals surface area contributed by atoms with Crippen molar-refractivity contribution in [1.29, 1.82) is 0 Å². The van der Waals surface area contributed by atoms with Crippen molar-refractivity contribution < 1.29 is 4.79 Å². The number of carbonyl (C=O) groups excluding carboxylic acids is 1. The Kier molecular flexibility index (Phi) is 6.08. The molecule has 0 aliphatic rings. The largest absolute Gasteiger partial charge is 0.308 e. The Balaban J connectivity index is 1.65. The second kappa shape index (κ2) is 8.48. The molecule has 3 rings (SSSR count).